The Kier molecular flexibility index (Phi) is 5.90. The summed E-state index contributed by atoms with van der Waals surface area (Å²) >= 11 is 0. The number of rotatable bonds is 7. The number of hydrogen-bond acceptors (Lipinski definition) is 3. The van der Waals surface area contributed by atoms with Gasteiger partial charge in [0.05, 0.1) is 5.75 Å². The van der Waals surface area contributed by atoms with Gasteiger partial charge >= 0.3 is 0 Å². The second kappa shape index (κ2) is 6.98. The van der Waals surface area contributed by atoms with Crippen molar-refractivity contribution in [2.75, 3.05) is 26.4 Å². The van der Waals surface area contributed by atoms with Crippen molar-refractivity contribution in [3.05, 3.63) is 35.6 Å². The summed E-state index contributed by atoms with van der Waals surface area (Å²) in [6.45, 7) is 2.32. The first-order valence-corrected chi connectivity index (χ1v) is 7.86. The van der Waals surface area contributed by atoms with Crippen LogP contribution in [0.1, 0.15) is 24.9 Å². The molecule has 0 saturated carbocycles. The Hall–Kier alpha value is -0.980. The van der Waals surface area contributed by atoms with Crippen molar-refractivity contribution < 1.29 is 12.8 Å². The molecule has 19 heavy (non-hydrogen) atoms. The van der Waals surface area contributed by atoms with Gasteiger partial charge < -0.3 is 5.32 Å². The van der Waals surface area contributed by atoms with Gasteiger partial charge in [-0.25, -0.2) is 17.1 Å². The number of sulfonamides is 1. The van der Waals surface area contributed by atoms with E-state index in [2.05, 4.69) is 5.32 Å². The predicted molar refractivity (Wildman–Crippen MR) is 74.9 cm³/mol. The van der Waals surface area contributed by atoms with Gasteiger partial charge in [-0.2, -0.15) is 0 Å². The summed E-state index contributed by atoms with van der Waals surface area (Å²) in [6.07, 6.45) is 0.769. The highest BCUT2D eigenvalue weighted by atomic mass is 32.2. The molecule has 1 atom stereocenters. The summed E-state index contributed by atoms with van der Waals surface area (Å²) in [7, 11) is -0.169. The Morgan fingerprint density at radius 2 is 2.05 bits per heavy atom. The van der Waals surface area contributed by atoms with Crippen LogP contribution in [0.2, 0.25) is 0 Å². The molecule has 6 heteroatoms. The first kappa shape index (κ1) is 16.1. The van der Waals surface area contributed by atoms with Crippen molar-refractivity contribution in [2.45, 2.75) is 19.4 Å². The van der Waals surface area contributed by atoms with Gasteiger partial charge in [0.15, 0.2) is 0 Å². The molecule has 1 aromatic rings. The number of benzene rings is 1. The van der Waals surface area contributed by atoms with Crippen LogP contribution in [0.4, 0.5) is 4.39 Å². The van der Waals surface area contributed by atoms with E-state index in [0.717, 1.165) is 12.0 Å². The molecule has 1 N–H and O–H groups in total. The lowest BCUT2D eigenvalue weighted by Gasteiger charge is -2.18. The highest BCUT2D eigenvalue weighted by Crippen LogP contribution is 2.17. The molecular weight excluding hydrogens is 267 g/mol. The summed E-state index contributed by atoms with van der Waals surface area (Å²) in [4.78, 5) is 0. The van der Waals surface area contributed by atoms with E-state index >= 15 is 0 Å². The molecule has 0 aliphatic heterocycles. The normalized spacial score (nSPS) is 13.7. The van der Waals surface area contributed by atoms with Crippen molar-refractivity contribution in [1.82, 2.24) is 9.62 Å². The van der Waals surface area contributed by atoms with E-state index in [9.17, 15) is 12.8 Å². The average Bonchev–Trinajstić information content (AvgIpc) is 2.34. The molecule has 1 unspecified atom stereocenters. The predicted octanol–water partition coefficient (Wildman–Crippen LogP) is 1.76. The van der Waals surface area contributed by atoms with Crippen molar-refractivity contribution in [3.8, 4) is 0 Å². The standard InChI is InChI=1S/C13H21FN2O2S/c1-4-13(11-6-5-7-12(14)10-11)15-8-9-19(17,18)16(2)3/h5-7,10,13,15H,4,8-9H2,1-3H3. The minimum Gasteiger partial charge on any atom is -0.309 e. The largest absolute Gasteiger partial charge is 0.309 e. The lowest BCUT2D eigenvalue weighted by molar-refractivity contribution is 0.501. The molecule has 0 radical (unpaired) electrons. The highest BCUT2D eigenvalue weighted by Gasteiger charge is 2.15. The van der Waals surface area contributed by atoms with Crippen LogP contribution in [0, 0.1) is 5.82 Å². The Morgan fingerprint density at radius 1 is 1.37 bits per heavy atom. The summed E-state index contributed by atoms with van der Waals surface area (Å²) < 4.78 is 37.6. The van der Waals surface area contributed by atoms with Crippen LogP contribution >= 0.6 is 0 Å². The zero-order valence-electron chi connectivity index (χ0n) is 11.6. The lowest BCUT2D eigenvalue weighted by Crippen LogP contribution is -2.32. The molecule has 1 rings (SSSR count). The molecule has 0 aliphatic carbocycles. The smallest absolute Gasteiger partial charge is 0.214 e. The molecule has 0 aliphatic rings. The topological polar surface area (TPSA) is 49.4 Å². The maximum absolute atomic E-state index is 13.2. The van der Waals surface area contributed by atoms with Gasteiger partial charge in [0, 0.05) is 26.7 Å². The fraction of sp³-hybridized carbons (Fsp3) is 0.538. The molecule has 0 bridgehead atoms. The Bertz CT molecular complexity index is 503. The highest BCUT2D eigenvalue weighted by molar-refractivity contribution is 7.89. The molecule has 0 heterocycles. The SMILES string of the molecule is CCC(NCCS(=O)(=O)N(C)C)c1cccc(F)c1. The van der Waals surface area contributed by atoms with E-state index in [-0.39, 0.29) is 17.6 Å². The maximum Gasteiger partial charge on any atom is 0.214 e. The lowest BCUT2D eigenvalue weighted by atomic mass is 10.0. The number of nitrogens with one attached hydrogen (secondary N) is 1. The van der Waals surface area contributed by atoms with Crippen molar-refractivity contribution in [2.24, 2.45) is 0 Å². The fourth-order valence-electron chi connectivity index (χ4n) is 1.77. The number of nitrogens with zero attached hydrogens (tertiary/aromatic N) is 1. The Balaban J connectivity index is 2.60. The van der Waals surface area contributed by atoms with Gasteiger partial charge in [0.25, 0.3) is 0 Å². The molecule has 1 aromatic carbocycles. The van der Waals surface area contributed by atoms with Crippen LogP contribution in [0.25, 0.3) is 0 Å². The molecule has 0 fully saturated rings. The van der Waals surface area contributed by atoms with Crippen LogP contribution in [-0.2, 0) is 10.0 Å². The zero-order valence-corrected chi connectivity index (χ0v) is 12.4. The first-order valence-electron chi connectivity index (χ1n) is 6.26. The molecule has 108 valence electrons. The number of hydrogen-bond donors (Lipinski definition) is 1. The van der Waals surface area contributed by atoms with Gasteiger partial charge in [-0.3, -0.25) is 0 Å². The summed E-state index contributed by atoms with van der Waals surface area (Å²) in [5.74, 6) is -0.245. The first-order chi connectivity index (χ1) is 8.86. The van der Waals surface area contributed by atoms with Gasteiger partial charge in [0.2, 0.25) is 10.0 Å². The van der Waals surface area contributed by atoms with Gasteiger partial charge in [0.1, 0.15) is 5.82 Å². The van der Waals surface area contributed by atoms with Crippen LogP contribution < -0.4 is 5.32 Å². The molecule has 0 saturated heterocycles. The molecule has 0 aromatic heterocycles. The van der Waals surface area contributed by atoms with Gasteiger partial charge in [-0.05, 0) is 24.1 Å². The van der Waals surface area contributed by atoms with E-state index in [4.69, 9.17) is 0 Å². The third kappa shape index (κ3) is 4.89. The third-order valence-corrected chi connectivity index (χ3v) is 4.80. The fourth-order valence-corrected chi connectivity index (χ4v) is 2.51. The van der Waals surface area contributed by atoms with Crippen molar-refractivity contribution in [3.63, 3.8) is 0 Å². The number of halogens is 1. The van der Waals surface area contributed by atoms with E-state index in [1.165, 1.54) is 30.5 Å². The summed E-state index contributed by atoms with van der Waals surface area (Å²) in [5, 5.41) is 3.15. The second-order valence-corrected chi connectivity index (χ2v) is 6.87. The van der Waals surface area contributed by atoms with Gasteiger partial charge in [-0.15, -0.1) is 0 Å². The molecule has 0 amide bonds. The van der Waals surface area contributed by atoms with E-state index in [0.29, 0.717) is 6.54 Å². The third-order valence-electron chi connectivity index (χ3n) is 2.97. The Morgan fingerprint density at radius 3 is 2.58 bits per heavy atom. The maximum atomic E-state index is 13.2. The minimum atomic E-state index is -3.20. The average molecular weight is 288 g/mol. The van der Waals surface area contributed by atoms with Crippen LogP contribution in [0.15, 0.2) is 24.3 Å². The monoisotopic (exact) mass is 288 g/mol. The second-order valence-electron chi connectivity index (χ2n) is 4.57. The quantitative estimate of drug-likeness (QED) is 0.831. The van der Waals surface area contributed by atoms with E-state index < -0.39 is 10.0 Å². The molecule has 0 spiro atoms. The van der Waals surface area contributed by atoms with E-state index in [1.807, 2.05) is 13.0 Å². The van der Waals surface area contributed by atoms with Crippen LogP contribution in [-0.4, -0.2) is 39.1 Å². The minimum absolute atomic E-state index is 0.0335. The summed E-state index contributed by atoms with van der Waals surface area (Å²) in [5.41, 5.74) is 0.838. The Labute approximate surface area is 114 Å². The van der Waals surface area contributed by atoms with Gasteiger partial charge in [-0.1, -0.05) is 19.1 Å². The van der Waals surface area contributed by atoms with Crippen molar-refractivity contribution in [1.29, 1.82) is 0 Å². The molecular formula is C13H21FN2O2S. The summed E-state index contributed by atoms with van der Waals surface area (Å²) in [6, 6.07) is 6.33. The van der Waals surface area contributed by atoms with Crippen molar-refractivity contribution >= 4 is 10.0 Å². The van der Waals surface area contributed by atoms with Crippen LogP contribution in [0.5, 0.6) is 0 Å². The van der Waals surface area contributed by atoms with E-state index in [1.54, 1.807) is 6.07 Å². The van der Waals surface area contributed by atoms with Crippen LogP contribution in [0.3, 0.4) is 0 Å². The molecule has 4 nitrogen and oxygen atoms in total. The zero-order chi connectivity index (χ0) is 14.5.